The molecule has 200 valence electrons. The standard InChI is InChI=1S/C25H20F3N7O3S/c1-12-16(10-34(2)32-12)15-9-18(22(27)28)30-25-19(15)20(21(39-25)23(29)36)31-24(37)17-7-8-35(33-17)11-38-14-5-3-13(26)4-6-14/h3-10,22H,11H2,1-2H3,(H2,29,36)(H,31,37). The van der Waals surface area contributed by atoms with Gasteiger partial charge < -0.3 is 15.8 Å². The molecule has 4 aromatic heterocycles. The van der Waals surface area contributed by atoms with Gasteiger partial charge in [-0.1, -0.05) is 0 Å². The van der Waals surface area contributed by atoms with E-state index < -0.39 is 29.8 Å². The summed E-state index contributed by atoms with van der Waals surface area (Å²) >= 11 is 0.801. The lowest BCUT2D eigenvalue weighted by Gasteiger charge is -2.10. The van der Waals surface area contributed by atoms with E-state index in [1.165, 1.54) is 52.0 Å². The Hall–Kier alpha value is -4.72. The Morgan fingerprint density at radius 1 is 1.15 bits per heavy atom. The number of aryl methyl sites for hydroxylation is 2. The number of hydrogen-bond donors (Lipinski definition) is 2. The van der Waals surface area contributed by atoms with Gasteiger partial charge in [0, 0.05) is 30.4 Å². The number of nitrogens with two attached hydrogens (primary N) is 1. The van der Waals surface area contributed by atoms with Crippen molar-refractivity contribution in [2.24, 2.45) is 12.8 Å². The first-order valence-corrected chi connectivity index (χ1v) is 12.2. The summed E-state index contributed by atoms with van der Waals surface area (Å²) in [5, 5.41) is 11.4. The van der Waals surface area contributed by atoms with E-state index in [1.807, 2.05) is 0 Å². The molecule has 0 saturated carbocycles. The van der Waals surface area contributed by atoms with Crippen LogP contribution in [0.3, 0.4) is 0 Å². The summed E-state index contributed by atoms with van der Waals surface area (Å²) in [7, 11) is 1.68. The lowest BCUT2D eigenvalue weighted by atomic mass is 10.0. The van der Waals surface area contributed by atoms with E-state index in [4.69, 9.17) is 10.5 Å². The van der Waals surface area contributed by atoms with Crippen molar-refractivity contribution >= 4 is 39.1 Å². The van der Waals surface area contributed by atoms with Crippen LogP contribution in [-0.4, -0.2) is 36.4 Å². The van der Waals surface area contributed by atoms with Crippen molar-refractivity contribution in [2.45, 2.75) is 20.1 Å². The van der Waals surface area contributed by atoms with Crippen LogP contribution < -0.4 is 15.8 Å². The highest BCUT2D eigenvalue weighted by Gasteiger charge is 2.26. The summed E-state index contributed by atoms with van der Waals surface area (Å²) in [6.07, 6.45) is 0.276. The number of alkyl halides is 2. The van der Waals surface area contributed by atoms with Gasteiger partial charge in [0.2, 0.25) is 0 Å². The molecule has 39 heavy (non-hydrogen) atoms. The van der Waals surface area contributed by atoms with Crippen LogP contribution in [0.15, 0.2) is 48.8 Å². The number of fused-ring (bicyclic) bond motifs is 1. The number of halogens is 3. The minimum Gasteiger partial charge on any atom is -0.471 e. The molecule has 0 aliphatic carbocycles. The number of benzene rings is 1. The maximum absolute atomic E-state index is 13.7. The minimum atomic E-state index is -2.87. The summed E-state index contributed by atoms with van der Waals surface area (Å²) in [6, 6.07) is 8.05. The molecule has 0 saturated heterocycles. The number of thiophene rings is 1. The summed E-state index contributed by atoms with van der Waals surface area (Å²) in [6.45, 7) is 1.65. The Balaban J connectivity index is 1.51. The number of nitrogens with one attached hydrogen (secondary N) is 1. The van der Waals surface area contributed by atoms with Crippen molar-refractivity contribution in [3.8, 4) is 16.9 Å². The molecule has 10 nitrogen and oxygen atoms in total. The third kappa shape index (κ3) is 5.18. The highest BCUT2D eigenvalue weighted by Crippen LogP contribution is 2.43. The number of hydrogen-bond acceptors (Lipinski definition) is 7. The molecule has 4 heterocycles. The molecule has 0 unspecified atom stereocenters. The first-order chi connectivity index (χ1) is 18.6. The number of anilines is 1. The largest absolute Gasteiger partial charge is 0.471 e. The molecule has 2 amide bonds. The first kappa shape index (κ1) is 25.9. The number of aromatic nitrogens is 5. The zero-order valence-electron chi connectivity index (χ0n) is 20.5. The fraction of sp³-hybridized carbons (Fsp3) is 0.160. The van der Waals surface area contributed by atoms with E-state index in [2.05, 4.69) is 20.5 Å². The van der Waals surface area contributed by atoms with Crippen molar-refractivity contribution in [1.29, 1.82) is 0 Å². The molecule has 5 rings (SSSR count). The molecule has 14 heteroatoms. The minimum absolute atomic E-state index is 0.0104. The second-order valence-corrected chi connectivity index (χ2v) is 9.47. The molecule has 3 N–H and O–H groups in total. The molecule has 5 aromatic rings. The van der Waals surface area contributed by atoms with Crippen LogP contribution in [-0.2, 0) is 13.8 Å². The molecule has 1 aromatic carbocycles. The van der Waals surface area contributed by atoms with Gasteiger partial charge in [0.15, 0.2) is 12.4 Å². The number of rotatable bonds is 8. The third-order valence-corrected chi connectivity index (χ3v) is 6.82. The number of ether oxygens (including phenoxy) is 1. The quantitative estimate of drug-likeness (QED) is 0.286. The number of primary amides is 1. The first-order valence-electron chi connectivity index (χ1n) is 11.4. The molecular formula is C25H20F3N7O3S. The Labute approximate surface area is 222 Å². The molecule has 0 bridgehead atoms. The number of pyridine rings is 1. The molecular weight excluding hydrogens is 535 g/mol. The van der Waals surface area contributed by atoms with Crippen molar-refractivity contribution in [3.05, 3.63) is 76.6 Å². The monoisotopic (exact) mass is 555 g/mol. The number of carbonyl (C=O) groups is 2. The lowest BCUT2D eigenvalue weighted by Crippen LogP contribution is -2.17. The van der Waals surface area contributed by atoms with Gasteiger partial charge in [-0.3, -0.25) is 14.3 Å². The van der Waals surface area contributed by atoms with E-state index in [1.54, 1.807) is 20.2 Å². The molecule has 0 spiro atoms. The summed E-state index contributed by atoms with van der Waals surface area (Å²) in [4.78, 5) is 29.6. The highest BCUT2D eigenvalue weighted by molar-refractivity contribution is 7.21. The predicted octanol–water partition coefficient (Wildman–Crippen LogP) is 4.67. The van der Waals surface area contributed by atoms with Crippen molar-refractivity contribution in [3.63, 3.8) is 0 Å². The fourth-order valence-electron chi connectivity index (χ4n) is 4.00. The van der Waals surface area contributed by atoms with E-state index >= 15 is 0 Å². The van der Waals surface area contributed by atoms with Gasteiger partial charge in [0.1, 0.15) is 27.0 Å². The van der Waals surface area contributed by atoms with Gasteiger partial charge in [0.25, 0.3) is 18.2 Å². The van der Waals surface area contributed by atoms with Crippen LogP contribution in [0, 0.1) is 12.7 Å². The molecule has 0 radical (unpaired) electrons. The fourth-order valence-corrected chi connectivity index (χ4v) is 5.02. The van der Waals surface area contributed by atoms with E-state index in [-0.39, 0.29) is 33.2 Å². The lowest BCUT2D eigenvalue weighted by molar-refractivity contribution is 0.100. The highest BCUT2D eigenvalue weighted by atomic mass is 32.1. The van der Waals surface area contributed by atoms with Gasteiger partial charge in [-0.2, -0.15) is 10.2 Å². The Morgan fingerprint density at radius 2 is 1.90 bits per heavy atom. The van der Waals surface area contributed by atoms with Gasteiger partial charge in [-0.25, -0.2) is 22.8 Å². The Morgan fingerprint density at radius 3 is 2.54 bits per heavy atom. The zero-order valence-corrected chi connectivity index (χ0v) is 21.3. The van der Waals surface area contributed by atoms with Gasteiger partial charge in [-0.15, -0.1) is 11.3 Å². The van der Waals surface area contributed by atoms with Crippen LogP contribution in [0.1, 0.15) is 38.0 Å². The molecule has 0 fully saturated rings. The number of nitrogens with zero attached hydrogens (tertiary/aromatic N) is 5. The molecule has 0 aliphatic heterocycles. The average Bonchev–Trinajstić information content (AvgIpc) is 3.60. The predicted molar refractivity (Wildman–Crippen MR) is 137 cm³/mol. The van der Waals surface area contributed by atoms with E-state index in [9.17, 15) is 22.8 Å². The van der Waals surface area contributed by atoms with Crippen LogP contribution >= 0.6 is 11.3 Å². The number of carbonyl (C=O) groups excluding carboxylic acids is 2. The van der Waals surface area contributed by atoms with Gasteiger partial charge >= 0.3 is 0 Å². The Bertz CT molecular complexity index is 1710. The summed E-state index contributed by atoms with van der Waals surface area (Å²) < 4.78 is 48.9. The van der Waals surface area contributed by atoms with E-state index in [0.717, 1.165) is 11.3 Å². The van der Waals surface area contributed by atoms with Gasteiger partial charge in [-0.05, 0) is 48.9 Å². The second kappa shape index (κ2) is 10.2. The summed E-state index contributed by atoms with van der Waals surface area (Å²) in [5.74, 6) is -1.54. The maximum atomic E-state index is 13.7. The summed E-state index contributed by atoms with van der Waals surface area (Å²) in [5.41, 5.74) is 6.52. The van der Waals surface area contributed by atoms with Crippen LogP contribution in [0.2, 0.25) is 0 Å². The average molecular weight is 556 g/mol. The zero-order chi connectivity index (χ0) is 27.8. The Kier molecular flexibility index (Phi) is 6.78. The molecule has 0 aliphatic rings. The maximum Gasteiger partial charge on any atom is 0.280 e. The van der Waals surface area contributed by atoms with Crippen molar-refractivity contribution in [2.75, 3.05) is 5.32 Å². The molecule has 0 atom stereocenters. The number of amides is 2. The van der Waals surface area contributed by atoms with Crippen LogP contribution in [0.4, 0.5) is 18.9 Å². The van der Waals surface area contributed by atoms with Crippen LogP contribution in [0.25, 0.3) is 21.3 Å². The smallest absolute Gasteiger partial charge is 0.280 e. The van der Waals surface area contributed by atoms with E-state index in [0.29, 0.717) is 22.6 Å². The van der Waals surface area contributed by atoms with Crippen molar-refractivity contribution < 1.29 is 27.5 Å². The van der Waals surface area contributed by atoms with Gasteiger partial charge in [0.05, 0.1) is 11.4 Å². The second-order valence-electron chi connectivity index (χ2n) is 8.47. The third-order valence-electron chi connectivity index (χ3n) is 5.72. The normalized spacial score (nSPS) is 11.3. The van der Waals surface area contributed by atoms with Crippen molar-refractivity contribution in [1.82, 2.24) is 24.5 Å². The topological polar surface area (TPSA) is 130 Å². The SMILES string of the molecule is Cc1nn(C)cc1-c1cc(C(F)F)nc2sc(C(N)=O)c(NC(=O)c3ccn(COc4ccc(F)cc4)n3)c12. The van der Waals surface area contributed by atoms with Crippen LogP contribution in [0.5, 0.6) is 5.75 Å².